The van der Waals surface area contributed by atoms with Gasteiger partial charge in [-0.05, 0) is 46.9 Å². The lowest BCUT2D eigenvalue weighted by Gasteiger charge is -2.18. The van der Waals surface area contributed by atoms with Crippen molar-refractivity contribution in [2.75, 3.05) is 6.61 Å². The molecule has 3 N–H and O–H groups in total. The minimum atomic E-state index is -1.28. The lowest BCUT2D eigenvalue weighted by Crippen LogP contribution is -2.48. The summed E-state index contributed by atoms with van der Waals surface area (Å²) in [5.41, 5.74) is 5.92. The summed E-state index contributed by atoms with van der Waals surface area (Å²) in [4.78, 5) is 40.5. The SMILES string of the molecule is Cc1ccnc(CNC(=O)C(CC(=O)O)NC(=O)OCC2c3ccccc3-c3ccccc32)c1. The van der Waals surface area contributed by atoms with Crippen molar-refractivity contribution in [3.05, 3.63) is 89.2 Å². The van der Waals surface area contributed by atoms with Crippen LogP contribution >= 0.6 is 0 Å². The normalized spacial score (nSPS) is 12.9. The summed E-state index contributed by atoms with van der Waals surface area (Å²) in [5.74, 6) is -1.98. The van der Waals surface area contributed by atoms with Gasteiger partial charge in [0.05, 0.1) is 18.7 Å². The minimum absolute atomic E-state index is 0.0640. The first-order valence-electron chi connectivity index (χ1n) is 10.9. The highest BCUT2D eigenvalue weighted by molar-refractivity contribution is 5.89. The summed E-state index contributed by atoms with van der Waals surface area (Å²) in [6, 6.07) is 18.2. The number of carboxylic acid groups (broad SMARTS) is 1. The number of alkyl carbamates (subject to hydrolysis) is 1. The van der Waals surface area contributed by atoms with Gasteiger partial charge >= 0.3 is 12.1 Å². The van der Waals surface area contributed by atoms with Crippen molar-refractivity contribution in [1.82, 2.24) is 15.6 Å². The van der Waals surface area contributed by atoms with Crippen LogP contribution in [0.25, 0.3) is 11.1 Å². The van der Waals surface area contributed by atoms with Crippen LogP contribution in [0.5, 0.6) is 0 Å². The number of carbonyl (C=O) groups excluding carboxylic acids is 2. The predicted octanol–water partition coefficient (Wildman–Crippen LogP) is 3.39. The highest BCUT2D eigenvalue weighted by Gasteiger charge is 2.30. The van der Waals surface area contributed by atoms with E-state index >= 15 is 0 Å². The third-order valence-corrected chi connectivity index (χ3v) is 5.75. The number of aryl methyl sites for hydroxylation is 1. The summed E-state index contributed by atoms with van der Waals surface area (Å²) in [6.45, 7) is 2.08. The van der Waals surface area contributed by atoms with Crippen molar-refractivity contribution in [3.63, 3.8) is 0 Å². The maximum Gasteiger partial charge on any atom is 0.407 e. The molecule has 8 heteroatoms. The molecule has 4 rings (SSSR count). The molecule has 1 atom stereocenters. The number of carboxylic acids is 1. The molecule has 0 aliphatic heterocycles. The topological polar surface area (TPSA) is 118 Å². The van der Waals surface area contributed by atoms with Crippen LogP contribution in [0.3, 0.4) is 0 Å². The van der Waals surface area contributed by atoms with Crippen molar-refractivity contribution < 1.29 is 24.2 Å². The average Bonchev–Trinajstić information content (AvgIpc) is 3.14. The molecule has 3 aromatic rings. The average molecular weight is 460 g/mol. The molecule has 174 valence electrons. The number of fused-ring (bicyclic) bond motifs is 3. The first-order valence-corrected chi connectivity index (χ1v) is 10.9. The van der Waals surface area contributed by atoms with Gasteiger partial charge in [0.25, 0.3) is 0 Å². The van der Waals surface area contributed by atoms with Crippen LogP contribution in [-0.2, 0) is 20.9 Å². The third kappa shape index (κ3) is 5.23. The van der Waals surface area contributed by atoms with Gasteiger partial charge in [-0.25, -0.2) is 4.79 Å². The van der Waals surface area contributed by atoms with Crippen LogP contribution in [0.1, 0.15) is 34.7 Å². The maximum atomic E-state index is 12.6. The number of nitrogens with one attached hydrogen (secondary N) is 2. The second kappa shape index (κ2) is 10.2. The molecule has 1 aliphatic rings. The van der Waals surface area contributed by atoms with E-state index in [4.69, 9.17) is 4.74 Å². The fraction of sp³-hybridized carbons (Fsp3) is 0.231. The summed E-state index contributed by atoms with van der Waals surface area (Å²) in [7, 11) is 0. The van der Waals surface area contributed by atoms with E-state index in [1.807, 2.05) is 67.6 Å². The molecule has 2 amide bonds. The van der Waals surface area contributed by atoms with Crippen LogP contribution in [0, 0.1) is 6.92 Å². The quantitative estimate of drug-likeness (QED) is 0.475. The van der Waals surface area contributed by atoms with Crippen LogP contribution in [-0.4, -0.2) is 40.7 Å². The molecule has 0 bridgehead atoms. The lowest BCUT2D eigenvalue weighted by molar-refractivity contribution is -0.139. The summed E-state index contributed by atoms with van der Waals surface area (Å²) < 4.78 is 5.45. The molecular formula is C26H25N3O5. The number of ether oxygens (including phenoxy) is 1. The van der Waals surface area contributed by atoms with Crippen molar-refractivity contribution in [1.29, 1.82) is 0 Å². The maximum absolute atomic E-state index is 12.6. The highest BCUT2D eigenvalue weighted by atomic mass is 16.5. The summed E-state index contributed by atoms with van der Waals surface area (Å²) >= 11 is 0. The molecule has 0 fully saturated rings. The Morgan fingerprint density at radius 3 is 2.29 bits per heavy atom. The van der Waals surface area contributed by atoms with Crippen molar-refractivity contribution in [2.45, 2.75) is 31.8 Å². The van der Waals surface area contributed by atoms with E-state index in [1.165, 1.54) is 0 Å². The van der Waals surface area contributed by atoms with Gasteiger partial charge in [-0.3, -0.25) is 14.6 Å². The lowest BCUT2D eigenvalue weighted by atomic mass is 9.98. The molecular weight excluding hydrogens is 434 g/mol. The number of aromatic nitrogens is 1. The van der Waals surface area contributed by atoms with Gasteiger partial charge in [0.15, 0.2) is 0 Å². The number of amides is 2. The smallest absolute Gasteiger partial charge is 0.407 e. The van der Waals surface area contributed by atoms with E-state index in [2.05, 4.69) is 15.6 Å². The Morgan fingerprint density at radius 2 is 1.68 bits per heavy atom. The van der Waals surface area contributed by atoms with E-state index < -0.39 is 30.4 Å². The van der Waals surface area contributed by atoms with Crippen LogP contribution in [0.4, 0.5) is 4.79 Å². The Balaban J connectivity index is 1.38. The van der Waals surface area contributed by atoms with Gasteiger partial charge < -0.3 is 20.5 Å². The Kier molecular flexibility index (Phi) is 6.87. The van der Waals surface area contributed by atoms with E-state index in [9.17, 15) is 19.5 Å². The zero-order valence-corrected chi connectivity index (χ0v) is 18.7. The minimum Gasteiger partial charge on any atom is -0.481 e. The van der Waals surface area contributed by atoms with Gasteiger partial charge in [0, 0.05) is 12.1 Å². The molecule has 8 nitrogen and oxygen atoms in total. The molecule has 0 radical (unpaired) electrons. The van der Waals surface area contributed by atoms with Gasteiger partial charge in [-0.15, -0.1) is 0 Å². The molecule has 1 unspecified atom stereocenters. The molecule has 0 spiro atoms. The van der Waals surface area contributed by atoms with Crippen molar-refractivity contribution in [2.24, 2.45) is 0 Å². The number of hydrogen-bond acceptors (Lipinski definition) is 5. The standard InChI is InChI=1S/C26H25N3O5/c1-16-10-11-27-17(12-16)14-28-25(32)23(13-24(30)31)29-26(33)34-15-22-20-8-4-2-6-18(20)19-7-3-5-9-21(19)22/h2-12,22-23H,13-15H2,1H3,(H,28,32)(H,29,33)(H,30,31). The molecule has 0 saturated carbocycles. The first kappa shape index (κ1) is 23.0. The second-order valence-corrected chi connectivity index (χ2v) is 8.16. The zero-order valence-electron chi connectivity index (χ0n) is 18.7. The summed E-state index contributed by atoms with van der Waals surface area (Å²) in [6.07, 6.45) is 0.203. The number of hydrogen-bond donors (Lipinski definition) is 3. The first-order chi connectivity index (χ1) is 16.4. The number of carbonyl (C=O) groups is 3. The molecule has 0 saturated heterocycles. The largest absolute Gasteiger partial charge is 0.481 e. The predicted molar refractivity (Wildman–Crippen MR) is 125 cm³/mol. The van der Waals surface area contributed by atoms with Crippen LogP contribution in [0.15, 0.2) is 66.9 Å². The third-order valence-electron chi connectivity index (χ3n) is 5.75. The fourth-order valence-corrected chi connectivity index (χ4v) is 4.16. The Bertz CT molecular complexity index is 1180. The zero-order chi connectivity index (χ0) is 24.1. The van der Waals surface area contributed by atoms with Gasteiger partial charge in [0.1, 0.15) is 12.6 Å². The number of rotatable bonds is 8. The number of benzene rings is 2. The molecule has 34 heavy (non-hydrogen) atoms. The van der Waals surface area contributed by atoms with Crippen molar-refractivity contribution in [3.8, 4) is 11.1 Å². The van der Waals surface area contributed by atoms with Gasteiger partial charge in [0.2, 0.25) is 5.91 Å². The molecule has 1 heterocycles. The Labute approximate surface area is 197 Å². The van der Waals surface area contributed by atoms with E-state index in [1.54, 1.807) is 6.20 Å². The molecule has 1 aromatic heterocycles. The van der Waals surface area contributed by atoms with E-state index in [-0.39, 0.29) is 19.1 Å². The van der Waals surface area contributed by atoms with Gasteiger partial charge in [-0.1, -0.05) is 48.5 Å². The molecule has 1 aliphatic carbocycles. The fourth-order valence-electron chi connectivity index (χ4n) is 4.16. The Morgan fingerprint density at radius 1 is 1.03 bits per heavy atom. The molecule has 2 aromatic carbocycles. The Hall–Kier alpha value is -4.20. The van der Waals surface area contributed by atoms with Crippen LogP contribution in [0.2, 0.25) is 0 Å². The monoisotopic (exact) mass is 459 g/mol. The summed E-state index contributed by atoms with van der Waals surface area (Å²) in [5, 5.41) is 14.2. The van der Waals surface area contributed by atoms with E-state index in [0.29, 0.717) is 5.69 Å². The number of aliphatic carboxylic acids is 1. The number of pyridine rings is 1. The van der Waals surface area contributed by atoms with Crippen molar-refractivity contribution >= 4 is 18.0 Å². The second-order valence-electron chi connectivity index (χ2n) is 8.16. The van der Waals surface area contributed by atoms with Crippen LogP contribution < -0.4 is 10.6 Å². The highest BCUT2D eigenvalue weighted by Crippen LogP contribution is 2.44. The van der Waals surface area contributed by atoms with E-state index in [0.717, 1.165) is 27.8 Å². The van der Waals surface area contributed by atoms with Gasteiger partial charge in [-0.2, -0.15) is 0 Å². The number of nitrogens with zero attached hydrogens (tertiary/aromatic N) is 1.